The van der Waals surface area contributed by atoms with Crippen LogP contribution in [0.25, 0.3) is 0 Å². The van der Waals surface area contributed by atoms with E-state index in [1.54, 1.807) is 18.2 Å². The second kappa shape index (κ2) is 10.4. The topological polar surface area (TPSA) is 61.1 Å². The van der Waals surface area contributed by atoms with Crippen LogP contribution in [0.4, 0.5) is 10.5 Å². The van der Waals surface area contributed by atoms with Crippen LogP contribution in [0.2, 0.25) is 5.02 Å². The lowest BCUT2D eigenvalue weighted by molar-refractivity contribution is 0.161. The third-order valence-electron chi connectivity index (χ3n) is 6.07. The van der Waals surface area contributed by atoms with Gasteiger partial charge in [-0.1, -0.05) is 55.1 Å². The number of hydrogen-bond acceptors (Lipinski definition) is 2. The number of halogens is 1. The van der Waals surface area contributed by atoms with E-state index in [9.17, 15) is 4.79 Å². The fourth-order valence-corrected chi connectivity index (χ4v) is 4.55. The van der Waals surface area contributed by atoms with Crippen LogP contribution in [0.15, 0.2) is 66.9 Å². The van der Waals surface area contributed by atoms with Crippen molar-refractivity contribution in [3.05, 3.63) is 88.7 Å². The first-order chi connectivity index (χ1) is 15.6. The first-order valence-electron chi connectivity index (χ1n) is 11.1. The highest BCUT2D eigenvalue weighted by Crippen LogP contribution is 2.26. The van der Waals surface area contributed by atoms with E-state index in [1.165, 1.54) is 6.42 Å². The average Bonchev–Trinajstić information content (AvgIpc) is 3.26. The Hall–Kier alpha value is -3.23. The Morgan fingerprint density at radius 2 is 1.91 bits per heavy atom. The molecule has 1 aromatic heterocycles. The summed E-state index contributed by atoms with van der Waals surface area (Å²) in [5, 5.41) is 12.9. The fourth-order valence-electron chi connectivity index (χ4n) is 4.35. The molecule has 1 fully saturated rings. The number of nitrogens with zero attached hydrogens (tertiary/aromatic N) is 3. The van der Waals surface area contributed by atoms with Gasteiger partial charge in [-0.2, -0.15) is 5.26 Å². The van der Waals surface area contributed by atoms with Crippen molar-refractivity contribution in [1.82, 2.24) is 9.47 Å². The van der Waals surface area contributed by atoms with Gasteiger partial charge in [0.1, 0.15) is 0 Å². The zero-order valence-corrected chi connectivity index (χ0v) is 18.8. The van der Waals surface area contributed by atoms with Gasteiger partial charge in [-0.05, 0) is 54.8 Å². The number of benzene rings is 2. The lowest BCUT2D eigenvalue weighted by Crippen LogP contribution is -2.43. The molecule has 1 saturated carbocycles. The summed E-state index contributed by atoms with van der Waals surface area (Å²) in [7, 11) is 0. The number of hydrogen-bond donors (Lipinski definition) is 1. The van der Waals surface area contributed by atoms with Gasteiger partial charge in [-0.3, -0.25) is 0 Å². The number of carbonyl (C=O) groups is 1. The third kappa shape index (κ3) is 5.33. The van der Waals surface area contributed by atoms with Crippen LogP contribution < -0.4 is 5.32 Å². The molecule has 0 bridgehead atoms. The first kappa shape index (κ1) is 22.0. The lowest BCUT2D eigenvalue weighted by Gasteiger charge is -2.34. The molecule has 1 aliphatic rings. The predicted molar refractivity (Wildman–Crippen MR) is 128 cm³/mol. The maximum Gasteiger partial charge on any atom is 0.322 e. The Morgan fingerprint density at radius 3 is 2.69 bits per heavy atom. The van der Waals surface area contributed by atoms with Gasteiger partial charge < -0.3 is 14.8 Å². The molecule has 0 spiro atoms. The summed E-state index contributed by atoms with van der Waals surface area (Å²) < 4.78 is 2.15. The molecule has 0 aliphatic heterocycles. The van der Waals surface area contributed by atoms with Crippen LogP contribution >= 0.6 is 11.6 Å². The van der Waals surface area contributed by atoms with E-state index in [0.29, 0.717) is 24.3 Å². The molecule has 0 saturated heterocycles. The molecule has 2 aromatic carbocycles. The van der Waals surface area contributed by atoms with Crippen LogP contribution in [-0.2, 0) is 13.1 Å². The molecule has 32 heavy (non-hydrogen) atoms. The van der Waals surface area contributed by atoms with Gasteiger partial charge in [0, 0.05) is 35.2 Å². The lowest BCUT2D eigenvalue weighted by atomic mass is 9.94. The molecule has 2 amide bonds. The fraction of sp³-hybridized carbons (Fsp3) is 0.308. The van der Waals surface area contributed by atoms with Gasteiger partial charge in [-0.25, -0.2) is 4.79 Å². The van der Waals surface area contributed by atoms with Crippen molar-refractivity contribution >= 4 is 23.3 Å². The number of urea groups is 1. The predicted octanol–water partition coefficient (Wildman–Crippen LogP) is 6.43. The van der Waals surface area contributed by atoms with E-state index < -0.39 is 0 Å². The summed E-state index contributed by atoms with van der Waals surface area (Å²) in [6, 6.07) is 21.2. The molecule has 0 unspecified atom stereocenters. The number of rotatable bonds is 6. The van der Waals surface area contributed by atoms with Crippen molar-refractivity contribution < 1.29 is 4.79 Å². The average molecular weight is 447 g/mol. The number of nitriles is 1. The SMILES string of the molecule is N#Cc1cccc(NC(=O)N(Cc2cccn2Cc2ccccc2Cl)C2CCCCC2)c1. The molecule has 1 N–H and O–H groups in total. The van der Waals surface area contributed by atoms with E-state index in [-0.39, 0.29) is 12.1 Å². The molecule has 4 rings (SSSR count). The zero-order valence-electron chi connectivity index (χ0n) is 18.0. The highest BCUT2D eigenvalue weighted by Gasteiger charge is 2.26. The summed E-state index contributed by atoms with van der Waals surface area (Å²) in [6.45, 7) is 1.18. The molecule has 0 atom stereocenters. The van der Waals surface area contributed by atoms with Crippen molar-refractivity contribution in [2.24, 2.45) is 0 Å². The summed E-state index contributed by atoms with van der Waals surface area (Å²) >= 11 is 6.38. The molecule has 1 aliphatic carbocycles. The van der Waals surface area contributed by atoms with Gasteiger partial charge >= 0.3 is 6.03 Å². The highest BCUT2D eigenvalue weighted by molar-refractivity contribution is 6.31. The number of anilines is 1. The summed E-state index contributed by atoms with van der Waals surface area (Å²) in [5.41, 5.74) is 3.28. The smallest absolute Gasteiger partial charge is 0.322 e. The molecule has 3 aromatic rings. The largest absolute Gasteiger partial charge is 0.345 e. The van der Waals surface area contributed by atoms with E-state index in [2.05, 4.69) is 22.0 Å². The number of nitrogens with one attached hydrogen (secondary N) is 1. The van der Waals surface area contributed by atoms with Gasteiger partial charge in [-0.15, -0.1) is 0 Å². The zero-order chi connectivity index (χ0) is 22.3. The van der Waals surface area contributed by atoms with E-state index in [1.807, 2.05) is 47.5 Å². The number of aromatic nitrogens is 1. The van der Waals surface area contributed by atoms with Gasteiger partial charge in [0.25, 0.3) is 0 Å². The Labute approximate surface area is 194 Å². The Morgan fingerprint density at radius 1 is 1.09 bits per heavy atom. The number of amides is 2. The third-order valence-corrected chi connectivity index (χ3v) is 6.44. The number of carbonyl (C=O) groups excluding carboxylic acids is 1. The minimum absolute atomic E-state index is 0.127. The van der Waals surface area contributed by atoms with Crippen molar-refractivity contribution in [1.29, 1.82) is 5.26 Å². The molecular weight excluding hydrogens is 420 g/mol. The monoisotopic (exact) mass is 446 g/mol. The van der Waals surface area contributed by atoms with Crippen LogP contribution in [0, 0.1) is 11.3 Å². The van der Waals surface area contributed by atoms with Crippen molar-refractivity contribution in [2.45, 2.75) is 51.2 Å². The molecule has 0 radical (unpaired) electrons. The Balaban J connectivity index is 1.55. The van der Waals surface area contributed by atoms with Crippen LogP contribution in [0.1, 0.15) is 48.9 Å². The van der Waals surface area contributed by atoms with Crippen LogP contribution in [0.3, 0.4) is 0 Å². The maximum absolute atomic E-state index is 13.4. The summed E-state index contributed by atoms with van der Waals surface area (Å²) in [6.07, 6.45) is 7.55. The Bertz CT molecular complexity index is 1110. The van der Waals surface area contributed by atoms with Gasteiger partial charge in [0.05, 0.1) is 18.2 Å². The molecule has 6 heteroatoms. The molecular formula is C26H27ClN4O. The van der Waals surface area contributed by atoms with E-state index in [0.717, 1.165) is 42.0 Å². The second-order valence-electron chi connectivity index (χ2n) is 8.26. The quantitative estimate of drug-likeness (QED) is 0.474. The second-order valence-corrected chi connectivity index (χ2v) is 8.67. The van der Waals surface area contributed by atoms with Crippen LogP contribution in [-0.4, -0.2) is 21.5 Å². The minimum Gasteiger partial charge on any atom is -0.345 e. The molecule has 5 nitrogen and oxygen atoms in total. The molecule has 1 heterocycles. The Kier molecular flexibility index (Phi) is 7.14. The highest BCUT2D eigenvalue weighted by atomic mass is 35.5. The van der Waals surface area contributed by atoms with Crippen LogP contribution in [0.5, 0.6) is 0 Å². The van der Waals surface area contributed by atoms with Crippen molar-refractivity contribution in [2.75, 3.05) is 5.32 Å². The normalized spacial score (nSPS) is 14.0. The minimum atomic E-state index is -0.127. The molecule has 164 valence electrons. The van der Waals surface area contributed by atoms with E-state index in [4.69, 9.17) is 16.9 Å². The summed E-state index contributed by atoms with van der Waals surface area (Å²) in [5.74, 6) is 0. The first-order valence-corrected chi connectivity index (χ1v) is 11.5. The van der Waals surface area contributed by atoms with Gasteiger partial charge in [0.15, 0.2) is 0 Å². The van der Waals surface area contributed by atoms with Crippen molar-refractivity contribution in [3.63, 3.8) is 0 Å². The maximum atomic E-state index is 13.4. The van der Waals surface area contributed by atoms with Gasteiger partial charge in [0.2, 0.25) is 0 Å². The van der Waals surface area contributed by atoms with E-state index >= 15 is 0 Å². The standard InChI is InChI=1S/C26H27ClN4O/c27-25-14-5-4-9-21(25)18-30-15-7-13-24(30)19-31(23-11-2-1-3-12-23)26(32)29-22-10-6-8-20(16-22)17-28/h4-10,13-16,23H,1-3,11-12,18-19H2,(H,29,32). The summed E-state index contributed by atoms with van der Waals surface area (Å²) in [4.78, 5) is 15.3. The van der Waals surface area contributed by atoms with Crippen molar-refractivity contribution in [3.8, 4) is 6.07 Å².